The van der Waals surface area contributed by atoms with Crippen LogP contribution in [0.3, 0.4) is 0 Å². The van der Waals surface area contributed by atoms with E-state index in [1.165, 1.54) is 12.1 Å². The van der Waals surface area contributed by atoms with Crippen LogP contribution in [0.1, 0.15) is 22.3 Å². The van der Waals surface area contributed by atoms with Gasteiger partial charge in [-0.3, -0.25) is 9.59 Å². The number of aromatic carboxylic acids is 1. The Bertz CT molecular complexity index is 881. The molecule has 1 heterocycles. The van der Waals surface area contributed by atoms with Crippen LogP contribution in [-0.4, -0.2) is 28.9 Å². The van der Waals surface area contributed by atoms with Crippen molar-refractivity contribution in [1.82, 2.24) is 0 Å². The number of imide groups is 1. The lowest BCUT2D eigenvalue weighted by Gasteiger charge is -2.18. The lowest BCUT2D eigenvalue weighted by molar-refractivity contribution is -0.121. The van der Waals surface area contributed by atoms with Gasteiger partial charge in [-0.15, -0.1) is 0 Å². The van der Waals surface area contributed by atoms with Crippen LogP contribution in [0.4, 0.5) is 11.4 Å². The molecular weight excluding hydrogens is 435 g/mol. The number of carboxylic acids is 1. The van der Waals surface area contributed by atoms with Gasteiger partial charge in [-0.1, -0.05) is 12.1 Å². The molecular formula is C18H15IN2O4. The maximum absolute atomic E-state index is 12.7. The maximum atomic E-state index is 12.7. The summed E-state index contributed by atoms with van der Waals surface area (Å²) in [6, 6.07) is 11.3. The Labute approximate surface area is 158 Å². The number of hydrogen-bond acceptors (Lipinski definition) is 4. The number of nitrogens with zero attached hydrogens (tertiary/aromatic N) is 1. The summed E-state index contributed by atoms with van der Waals surface area (Å²) in [5, 5.41) is 12.2. The molecule has 7 heteroatoms. The van der Waals surface area contributed by atoms with Crippen molar-refractivity contribution in [2.45, 2.75) is 19.4 Å². The van der Waals surface area contributed by atoms with Crippen molar-refractivity contribution in [1.29, 1.82) is 0 Å². The minimum atomic E-state index is -1.10. The summed E-state index contributed by atoms with van der Waals surface area (Å²) in [6.45, 7) is 1.74. The quantitative estimate of drug-likeness (QED) is 0.553. The van der Waals surface area contributed by atoms with E-state index in [4.69, 9.17) is 5.11 Å². The van der Waals surface area contributed by atoms with Gasteiger partial charge in [0.25, 0.3) is 5.91 Å². The summed E-state index contributed by atoms with van der Waals surface area (Å²) in [5.74, 6) is -1.83. The molecule has 1 unspecified atom stereocenters. The Hall–Kier alpha value is -2.42. The number of nitrogens with one attached hydrogen (secondary N) is 1. The first-order valence-electron chi connectivity index (χ1n) is 7.59. The molecule has 1 aliphatic heterocycles. The average molecular weight is 450 g/mol. The number of carboxylic acid groups (broad SMARTS) is 1. The zero-order chi connectivity index (χ0) is 18.1. The highest BCUT2D eigenvalue weighted by molar-refractivity contribution is 14.1. The molecule has 6 nitrogen and oxygen atoms in total. The first-order valence-corrected chi connectivity index (χ1v) is 8.67. The number of anilines is 2. The van der Waals surface area contributed by atoms with Gasteiger partial charge >= 0.3 is 5.97 Å². The molecule has 0 bridgehead atoms. The molecule has 1 atom stereocenters. The monoisotopic (exact) mass is 450 g/mol. The first kappa shape index (κ1) is 17.4. The molecule has 3 rings (SSSR count). The Morgan fingerprint density at radius 2 is 2.00 bits per heavy atom. The van der Waals surface area contributed by atoms with E-state index in [0.717, 1.165) is 14.2 Å². The molecule has 0 spiro atoms. The lowest BCUT2D eigenvalue weighted by atomic mass is 10.1. The molecule has 0 saturated carbocycles. The molecule has 1 aliphatic rings. The maximum Gasteiger partial charge on any atom is 0.335 e. The van der Waals surface area contributed by atoms with E-state index in [0.29, 0.717) is 11.3 Å². The van der Waals surface area contributed by atoms with Crippen molar-refractivity contribution in [3.05, 3.63) is 57.2 Å². The van der Waals surface area contributed by atoms with Gasteiger partial charge in [0.1, 0.15) is 6.04 Å². The van der Waals surface area contributed by atoms with Crippen molar-refractivity contribution >= 4 is 51.7 Å². The van der Waals surface area contributed by atoms with Gasteiger partial charge in [0.2, 0.25) is 5.91 Å². The molecule has 0 aromatic heterocycles. The van der Waals surface area contributed by atoms with Gasteiger partial charge in [0.05, 0.1) is 17.7 Å². The van der Waals surface area contributed by atoms with Crippen molar-refractivity contribution < 1.29 is 19.5 Å². The summed E-state index contributed by atoms with van der Waals surface area (Å²) >= 11 is 2.17. The molecule has 2 N–H and O–H groups in total. The number of benzene rings is 2. The van der Waals surface area contributed by atoms with E-state index < -0.39 is 12.0 Å². The van der Waals surface area contributed by atoms with E-state index in [1.54, 1.807) is 13.0 Å². The Morgan fingerprint density at radius 3 is 2.68 bits per heavy atom. The number of aryl methyl sites for hydroxylation is 1. The summed E-state index contributed by atoms with van der Waals surface area (Å²) < 4.78 is 1.02. The fraction of sp³-hybridized carbons (Fsp3) is 0.167. The lowest BCUT2D eigenvalue weighted by Crippen LogP contribution is -2.35. The Balaban J connectivity index is 1.89. The van der Waals surface area contributed by atoms with E-state index in [9.17, 15) is 14.4 Å². The molecule has 25 heavy (non-hydrogen) atoms. The fourth-order valence-corrected chi connectivity index (χ4v) is 3.30. The third kappa shape index (κ3) is 3.51. The van der Waals surface area contributed by atoms with Gasteiger partial charge in [0.15, 0.2) is 0 Å². The average Bonchev–Trinajstić information content (AvgIpc) is 2.82. The van der Waals surface area contributed by atoms with E-state index >= 15 is 0 Å². The zero-order valence-corrected chi connectivity index (χ0v) is 15.5. The van der Waals surface area contributed by atoms with Gasteiger partial charge < -0.3 is 10.4 Å². The minimum absolute atomic E-state index is 0.0288. The number of carbonyl (C=O) groups is 3. The second-order valence-electron chi connectivity index (χ2n) is 5.79. The molecule has 1 fully saturated rings. The molecule has 128 valence electrons. The standard InChI is InChI=1S/C18H15IN2O4/c1-10-5-6-11(18(24)25)7-15(10)21-16(22)9-14(17(21)23)20-13-4-2-3-12(19)8-13/h2-8,14,20H,9H2,1H3,(H,24,25). The van der Waals surface area contributed by atoms with E-state index in [1.807, 2.05) is 24.3 Å². The highest BCUT2D eigenvalue weighted by Gasteiger charge is 2.40. The van der Waals surface area contributed by atoms with Crippen LogP contribution in [-0.2, 0) is 9.59 Å². The van der Waals surface area contributed by atoms with Gasteiger partial charge in [-0.05, 0) is 65.4 Å². The van der Waals surface area contributed by atoms with Crippen LogP contribution in [0, 0.1) is 10.5 Å². The van der Waals surface area contributed by atoms with Gasteiger partial charge in [-0.25, -0.2) is 9.69 Å². The summed E-state index contributed by atoms with van der Waals surface area (Å²) in [4.78, 5) is 37.4. The normalized spacial score (nSPS) is 17.0. The Morgan fingerprint density at radius 1 is 1.24 bits per heavy atom. The number of hydrogen-bond donors (Lipinski definition) is 2. The fourth-order valence-electron chi connectivity index (χ4n) is 2.76. The number of halogens is 1. The molecule has 0 aliphatic carbocycles. The van der Waals surface area contributed by atoms with Crippen molar-refractivity contribution in [2.24, 2.45) is 0 Å². The van der Waals surface area contributed by atoms with E-state index in [-0.39, 0.29) is 23.8 Å². The number of carbonyl (C=O) groups excluding carboxylic acids is 2. The van der Waals surface area contributed by atoms with Crippen LogP contribution in [0.15, 0.2) is 42.5 Å². The molecule has 1 saturated heterocycles. The largest absolute Gasteiger partial charge is 0.478 e. The van der Waals surface area contributed by atoms with Crippen LogP contribution >= 0.6 is 22.6 Å². The van der Waals surface area contributed by atoms with Crippen LogP contribution in [0.25, 0.3) is 0 Å². The van der Waals surface area contributed by atoms with Crippen molar-refractivity contribution in [2.75, 3.05) is 10.2 Å². The number of rotatable bonds is 4. The highest BCUT2D eigenvalue weighted by atomic mass is 127. The molecule has 2 amide bonds. The predicted molar refractivity (Wildman–Crippen MR) is 102 cm³/mol. The summed E-state index contributed by atoms with van der Waals surface area (Å²) in [5.41, 5.74) is 1.79. The SMILES string of the molecule is Cc1ccc(C(=O)O)cc1N1C(=O)CC(Nc2cccc(I)c2)C1=O. The second-order valence-corrected chi connectivity index (χ2v) is 7.03. The third-order valence-corrected chi connectivity index (χ3v) is 4.68. The predicted octanol–water partition coefficient (Wildman–Crippen LogP) is 3.04. The Kier molecular flexibility index (Phi) is 4.76. The topological polar surface area (TPSA) is 86.7 Å². The van der Waals surface area contributed by atoms with Crippen LogP contribution in [0.5, 0.6) is 0 Å². The highest BCUT2D eigenvalue weighted by Crippen LogP contribution is 2.29. The molecule has 0 radical (unpaired) electrons. The molecule has 2 aromatic carbocycles. The minimum Gasteiger partial charge on any atom is -0.478 e. The first-order chi connectivity index (χ1) is 11.9. The van der Waals surface area contributed by atoms with Crippen LogP contribution < -0.4 is 10.2 Å². The summed E-state index contributed by atoms with van der Waals surface area (Å²) in [7, 11) is 0. The van der Waals surface area contributed by atoms with Gasteiger partial charge in [0, 0.05) is 9.26 Å². The zero-order valence-electron chi connectivity index (χ0n) is 13.3. The second kappa shape index (κ2) is 6.83. The van der Waals surface area contributed by atoms with E-state index in [2.05, 4.69) is 27.9 Å². The summed E-state index contributed by atoms with van der Waals surface area (Å²) in [6.07, 6.45) is 0.0288. The number of amides is 2. The van der Waals surface area contributed by atoms with Crippen molar-refractivity contribution in [3.8, 4) is 0 Å². The van der Waals surface area contributed by atoms with Crippen LogP contribution in [0.2, 0.25) is 0 Å². The molecule has 2 aromatic rings. The smallest absolute Gasteiger partial charge is 0.335 e. The van der Waals surface area contributed by atoms with Gasteiger partial charge in [-0.2, -0.15) is 0 Å². The third-order valence-electron chi connectivity index (χ3n) is 4.01. The van der Waals surface area contributed by atoms with Crippen molar-refractivity contribution in [3.63, 3.8) is 0 Å².